The Balaban J connectivity index is 0.00000220. The first-order valence-corrected chi connectivity index (χ1v) is 7.14. The summed E-state index contributed by atoms with van der Waals surface area (Å²) < 4.78 is 26.8. The number of amides is 1. The van der Waals surface area contributed by atoms with Gasteiger partial charge in [-0.1, -0.05) is 22.0 Å². The van der Waals surface area contributed by atoms with Crippen molar-refractivity contribution in [1.82, 2.24) is 10.6 Å². The molecule has 2 rings (SSSR count). The van der Waals surface area contributed by atoms with Gasteiger partial charge in [-0.2, -0.15) is 0 Å². The molecule has 0 radical (unpaired) electrons. The van der Waals surface area contributed by atoms with Gasteiger partial charge >= 0.3 is 0 Å². The lowest BCUT2D eigenvalue weighted by Crippen LogP contribution is -2.42. The highest BCUT2D eigenvalue weighted by Crippen LogP contribution is 2.24. The fourth-order valence-corrected chi connectivity index (χ4v) is 2.41. The Hall–Kier alpha value is -0.920. The molecule has 1 aromatic carbocycles. The topological polar surface area (TPSA) is 53.2 Å². The van der Waals surface area contributed by atoms with E-state index < -0.39 is 24.9 Å². The number of alkyl halides is 2. The Morgan fingerprint density at radius 2 is 2.19 bits per heavy atom. The number of anilines is 1. The summed E-state index contributed by atoms with van der Waals surface area (Å²) in [5, 5.41) is 8.30. The average molecular weight is 385 g/mol. The van der Waals surface area contributed by atoms with E-state index in [4.69, 9.17) is 0 Å². The number of hydrogen-bond donors (Lipinski definition) is 3. The quantitative estimate of drug-likeness (QED) is 0.683. The van der Waals surface area contributed by atoms with Crippen LogP contribution in [0.2, 0.25) is 0 Å². The molecule has 1 unspecified atom stereocenters. The molecule has 0 aliphatic carbocycles. The van der Waals surface area contributed by atoms with Gasteiger partial charge in [0.2, 0.25) is 5.91 Å². The van der Waals surface area contributed by atoms with Crippen LogP contribution >= 0.6 is 28.3 Å². The Morgan fingerprint density at radius 1 is 1.43 bits per heavy atom. The highest BCUT2D eigenvalue weighted by molar-refractivity contribution is 9.10. The third-order valence-electron chi connectivity index (χ3n) is 3.00. The van der Waals surface area contributed by atoms with Crippen molar-refractivity contribution in [1.29, 1.82) is 0 Å². The minimum atomic E-state index is -2.78. The second-order valence-electron chi connectivity index (χ2n) is 4.72. The maximum Gasteiger partial charge on any atom is 0.262 e. The molecule has 1 aromatic rings. The zero-order valence-corrected chi connectivity index (χ0v) is 13.6. The SMILES string of the molecule is Cl.O=C(NCCNc1cccc(Br)c1)C1CC(F)(F)CN1. The van der Waals surface area contributed by atoms with Crippen LogP contribution in [0.3, 0.4) is 0 Å². The summed E-state index contributed by atoms with van der Waals surface area (Å²) in [5.41, 5.74) is 0.930. The first kappa shape index (κ1) is 18.1. The molecule has 0 bridgehead atoms. The van der Waals surface area contributed by atoms with E-state index in [0.717, 1.165) is 10.2 Å². The lowest BCUT2D eigenvalue weighted by atomic mass is 10.2. The summed E-state index contributed by atoms with van der Waals surface area (Å²) in [6.45, 7) is 0.488. The largest absolute Gasteiger partial charge is 0.383 e. The van der Waals surface area contributed by atoms with Crippen LogP contribution in [0.1, 0.15) is 6.42 Å². The van der Waals surface area contributed by atoms with Gasteiger partial charge in [0.05, 0.1) is 12.6 Å². The first-order valence-electron chi connectivity index (χ1n) is 6.35. The molecule has 21 heavy (non-hydrogen) atoms. The Kier molecular flexibility index (Phi) is 6.83. The molecule has 118 valence electrons. The fraction of sp³-hybridized carbons (Fsp3) is 0.462. The van der Waals surface area contributed by atoms with Crippen LogP contribution in [0.5, 0.6) is 0 Å². The van der Waals surface area contributed by atoms with Crippen LogP contribution in [0.25, 0.3) is 0 Å². The number of benzene rings is 1. The molecule has 1 fully saturated rings. The van der Waals surface area contributed by atoms with Crippen molar-refractivity contribution in [2.75, 3.05) is 25.0 Å². The molecular formula is C13H17BrClF2N3O. The molecule has 0 spiro atoms. The van der Waals surface area contributed by atoms with E-state index in [1.807, 2.05) is 24.3 Å². The predicted molar refractivity (Wildman–Crippen MR) is 84.2 cm³/mol. The van der Waals surface area contributed by atoms with Gasteiger partial charge in [0.25, 0.3) is 5.92 Å². The summed E-state index contributed by atoms with van der Waals surface area (Å²) in [6.07, 6.45) is -0.433. The van der Waals surface area contributed by atoms with Crippen LogP contribution in [-0.2, 0) is 4.79 Å². The molecule has 1 aliphatic heterocycles. The van der Waals surface area contributed by atoms with Gasteiger partial charge in [0, 0.05) is 29.7 Å². The van der Waals surface area contributed by atoms with Crippen molar-refractivity contribution in [2.45, 2.75) is 18.4 Å². The molecular weight excluding hydrogens is 368 g/mol. The van der Waals surface area contributed by atoms with Gasteiger partial charge in [-0.3, -0.25) is 10.1 Å². The highest BCUT2D eigenvalue weighted by Gasteiger charge is 2.42. The Labute approximate surface area is 136 Å². The van der Waals surface area contributed by atoms with Crippen molar-refractivity contribution in [3.05, 3.63) is 28.7 Å². The maximum atomic E-state index is 12.9. The number of hydrogen-bond acceptors (Lipinski definition) is 3. The molecule has 1 atom stereocenters. The number of carbonyl (C=O) groups excluding carboxylic acids is 1. The number of rotatable bonds is 5. The van der Waals surface area contributed by atoms with E-state index in [2.05, 4.69) is 31.9 Å². The second kappa shape index (κ2) is 7.91. The number of carbonyl (C=O) groups is 1. The highest BCUT2D eigenvalue weighted by atomic mass is 79.9. The van der Waals surface area contributed by atoms with E-state index in [1.54, 1.807) is 0 Å². The molecule has 1 aliphatic rings. The number of nitrogens with one attached hydrogen (secondary N) is 3. The summed E-state index contributed by atoms with van der Waals surface area (Å²) in [7, 11) is 0. The lowest BCUT2D eigenvalue weighted by Gasteiger charge is -2.12. The molecule has 4 nitrogen and oxygen atoms in total. The van der Waals surface area contributed by atoms with Gasteiger partial charge < -0.3 is 10.6 Å². The average Bonchev–Trinajstić information content (AvgIpc) is 2.75. The van der Waals surface area contributed by atoms with E-state index in [9.17, 15) is 13.6 Å². The van der Waals surface area contributed by atoms with Gasteiger partial charge in [-0.05, 0) is 18.2 Å². The standard InChI is InChI=1S/C13H16BrF2N3O.ClH/c14-9-2-1-3-10(6-9)17-4-5-18-12(20)11-7-13(15,16)8-19-11;/h1-3,6,11,17,19H,4-5,7-8H2,(H,18,20);1H. The van der Waals surface area contributed by atoms with Gasteiger partial charge in [0.15, 0.2) is 0 Å². The molecule has 3 N–H and O–H groups in total. The van der Waals surface area contributed by atoms with Crippen molar-refractivity contribution in [2.24, 2.45) is 0 Å². The minimum Gasteiger partial charge on any atom is -0.383 e. The summed E-state index contributed by atoms with van der Waals surface area (Å²) >= 11 is 3.36. The van der Waals surface area contributed by atoms with Gasteiger partial charge in [-0.15, -0.1) is 12.4 Å². The molecule has 1 amide bonds. The molecule has 8 heteroatoms. The smallest absolute Gasteiger partial charge is 0.262 e. The van der Waals surface area contributed by atoms with Crippen LogP contribution in [0, 0.1) is 0 Å². The molecule has 1 heterocycles. The Bertz CT molecular complexity index is 490. The van der Waals surface area contributed by atoms with Crippen LogP contribution < -0.4 is 16.0 Å². The third-order valence-corrected chi connectivity index (χ3v) is 3.50. The zero-order chi connectivity index (χ0) is 14.6. The van der Waals surface area contributed by atoms with E-state index in [1.165, 1.54) is 0 Å². The van der Waals surface area contributed by atoms with E-state index >= 15 is 0 Å². The first-order chi connectivity index (χ1) is 9.46. The third kappa shape index (κ3) is 5.76. The maximum absolute atomic E-state index is 12.9. The van der Waals surface area contributed by atoms with Crippen molar-refractivity contribution < 1.29 is 13.6 Å². The number of halogens is 4. The van der Waals surface area contributed by atoms with Crippen LogP contribution in [0.4, 0.5) is 14.5 Å². The van der Waals surface area contributed by atoms with Crippen LogP contribution in [0.15, 0.2) is 28.7 Å². The van der Waals surface area contributed by atoms with E-state index in [-0.39, 0.29) is 18.3 Å². The van der Waals surface area contributed by atoms with Crippen LogP contribution in [-0.4, -0.2) is 37.5 Å². The van der Waals surface area contributed by atoms with Crippen molar-refractivity contribution in [3.8, 4) is 0 Å². The van der Waals surface area contributed by atoms with Crippen molar-refractivity contribution >= 4 is 39.9 Å². The lowest BCUT2D eigenvalue weighted by molar-refractivity contribution is -0.123. The zero-order valence-electron chi connectivity index (χ0n) is 11.2. The van der Waals surface area contributed by atoms with Gasteiger partial charge in [-0.25, -0.2) is 8.78 Å². The van der Waals surface area contributed by atoms with E-state index in [0.29, 0.717) is 13.1 Å². The second-order valence-corrected chi connectivity index (χ2v) is 5.64. The molecule has 0 aromatic heterocycles. The normalized spacial score (nSPS) is 19.7. The predicted octanol–water partition coefficient (Wildman–Crippen LogP) is 2.40. The van der Waals surface area contributed by atoms with Crippen molar-refractivity contribution in [3.63, 3.8) is 0 Å². The monoisotopic (exact) mass is 383 g/mol. The summed E-state index contributed by atoms with van der Waals surface area (Å²) in [6, 6.07) is 6.84. The fourth-order valence-electron chi connectivity index (χ4n) is 2.02. The molecule has 1 saturated heterocycles. The molecule has 0 saturated carbocycles. The minimum absolute atomic E-state index is 0. The summed E-state index contributed by atoms with van der Waals surface area (Å²) in [4.78, 5) is 11.7. The Morgan fingerprint density at radius 3 is 2.81 bits per heavy atom. The van der Waals surface area contributed by atoms with Gasteiger partial charge in [0.1, 0.15) is 0 Å². The summed E-state index contributed by atoms with van der Waals surface area (Å²) in [5.74, 6) is -3.16.